The number of likely N-dealkylation sites (N-methyl/N-ethyl adjacent to an activating group) is 1. The van der Waals surface area contributed by atoms with Gasteiger partial charge in [-0.2, -0.15) is 0 Å². The van der Waals surface area contributed by atoms with E-state index in [9.17, 15) is 0 Å². The molecule has 90 valence electrons. The summed E-state index contributed by atoms with van der Waals surface area (Å²) < 4.78 is 0. The van der Waals surface area contributed by atoms with Crippen LogP contribution in [0.2, 0.25) is 0 Å². The highest BCUT2D eigenvalue weighted by molar-refractivity contribution is 7.07. The van der Waals surface area contributed by atoms with Crippen molar-refractivity contribution in [3.05, 3.63) is 16.6 Å². The van der Waals surface area contributed by atoms with Gasteiger partial charge in [-0.25, -0.2) is 4.98 Å². The fraction of sp³-hybridized carbons (Fsp3) is 0.750. The van der Waals surface area contributed by atoms with Crippen molar-refractivity contribution in [3.63, 3.8) is 0 Å². The van der Waals surface area contributed by atoms with Crippen LogP contribution in [0.4, 0.5) is 0 Å². The smallest absolute Gasteiger partial charge is 0.0795 e. The van der Waals surface area contributed by atoms with Gasteiger partial charge in [0, 0.05) is 24.0 Å². The quantitative estimate of drug-likeness (QED) is 0.875. The molecule has 2 atom stereocenters. The van der Waals surface area contributed by atoms with Crippen LogP contribution in [0.25, 0.3) is 0 Å². The van der Waals surface area contributed by atoms with Crippen molar-refractivity contribution in [3.8, 4) is 0 Å². The van der Waals surface area contributed by atoms with Gasteiger partial charge in [0.1, 0.15) is 0 Å². The molecule has 0 saturated heterocycles. The third kappa shape index (κ3) is 2.29. The minimum atomic E-state index is 0.211. The van der Waals surface area contributed by atoms with Crippen molar-refractivity contribution in [2.24, 2.45) is 11.7 Å². The summed E-state index contributed by atoms with van der Waals surface area (Å²) in [6, 6.07) is 0. The van der Waals surface area contributed by atoms with Crippen molar-refractivity contribution in [1.29, 1.82) is 0 Å². The zero-order chi connectivity index (χ0) is 11.6. The molecule has 1 aliphatic rings. The number of hydrogen-bond donors (Lipinski definition) is 1. The molecule has 0 spiro atoms. The minimum absolute atomic E-state index is 0.211. The van der Waals surface area contributed by atoms with Crippen LogP contribution in [0.5, 0.6) is 0 Å². The monoisotopic (exact) mass is 239 g/mol. The predicted octanol–water partition coefficient (Wildman–Crippen LogP) is 2.09. The largest absolute Gasteiger partial charge is 0.329 e. The van der Waals surface area contributed by atoms with E-state index in [1.54, 1.807) is 11.3 Å². The first-order valence-corrected chi connectivity index (χ1v) is 6.89. The molecule has 0 radical (unpaired) electrons. The molecule has 0 aliphatic heterocycles. The normalized spacial score (nSPS) is 30.1. The number of thiazole rings is 1. The lowest BCUT2D eigenvalue weighted by Gasteiger charge is -2.38. The first kappa shape index (κ1) is 12.0. The van der Waals surface area contributed by atoms with Gasteiger partial charge in [-0.3, -0.25) is 4.90 Å². The van der Waals surface area contributed by atoms with Gasteiger partial charge >= 0.3 is 0 Å². The molecule has 4 heteroatoms. The first-order valence-electron chi connectivity index (χ1n) is 5.95. The van der Waals surface area contributed by atoms with E-state index in [1.807, 2.05) is 5.51 Å². The second-order valence-electron chi connectivity index (χ2n) is 5.11. The molecule has 0 aromatic carbocycles. The molecule has 1 aromatic rings. The van der Waals surface area contributed by atoms with Gasteiger partial charge in [0.2, 0.25) is 0 Å². The molecule has 2 N–H and O–H groups in total. The van der Waals surface area contributed by atoms with Crippen LogP contribution in [-0.2, 0) is 6.54 Å². The zero-order valence-electron chi connectivity index (χ0n) is 10.1. The Morgan fingerprint density at radius 2 is 2.50 bits per heavy atom. The highest BCUT2D eigenvalue weighted by Crippen LogP contribution is 2.38. The Kier molecular flexibility index (Phi) is 3.62. The Bertz CT molecular complexity index is 325. The fourth-order valence-corrected chi connectivity index (χ4v) is 3.33. The maximum absolute atomic E-state index is 6.00. The molecular weight excluding hydrogens is 218 g/mol. The van der Waals surface area contributed by atoms with E-state index in [-0.39, 0.29) is 5.54 Å². The van der Waals surface area contributed by atoms with Crippen LogP contribution in [0.15, 0.2) is 10.9 Å². The maximum Gasteiger partial charge on any atom is 0.0795 e. The molecule has 0 amide bonds. The average Bonchev–Trinajstić information content (AvgIpc) is 2.88. The molecular formula is C12H21N3S. The van der Waals surface area contributed by atoms with Gasteiger partial charge in [-0.1, -0.05) is 6.92 Å². The van der Waals surface area contributed by atoms with E-state index in [1.165, 1.54) is 25.0 Å². The van der Waals surface area contributed by atoms with Gasteiger partial charge in [-0.05, 0) is 32.2 Å². The van der Waals surface area contributed by atoms with E-state index in [2.05, 4.69) is 29.2 Å². The molecule has 16 heavy (non-hydrogen) atoms. The van der Waals surface area contributed by atoms with Gasteiger partial charge in [-0.15, -0.1) is 11.3 Å². The number of nitrogens with zero attached hydrogens (tertiary/aromatic N) is 2. The SMILES string of the molecule is CC1CCC(CN)(N(C)Cc2cscn2)C1. The molecule has 1 saturated carbocycles. The van der Waals surface area contributed by atoms with Gasteiger partial charge in [0.05, 0.1) is 11.2 Å². The maximum atomic E-state index is 6.00. The lowest BCUT2D eigenvalue weighted by molar-refractivity contribution is 0.119. The summed E-state index contributed by atoms with van der Waals surface area (Å²) >= 11 is 1.66. The third-order valence-electron chi connectivity index (χ3n) is 3.90. The Hall–Kier alpha value is -0.450. The highest BCUT2D eigenvalue weighted by Gasteiger charge is 2.39. The number of aromatic nitrogens is 1. The molecule has 2 unspecified atom stereocenters. The summed E-state index contributed by atoms with van der Waals surface area (Å²) in [6.45, 7) is 4.01. The fourth-order valence-electron chi connectivity index (χ4n) is 2.78. The number of hydrogen-bond acceptors (Lipinski definition) is 4. The number of rotatable bonds is 4. The van der Waals surface area contributed by atoms with E-state index >= 15 is 0 Å². The summed E-state index contributed by atoms with van der Waals surface area (Å²) in [5.41, 5.74) is 9.28. The summed E-state index contributed by atoms with van der Waals surface area (Å²) in [5, 5.41) is 2.12. The lowest BCUT2D eigenvalue weighted by Crippen LogP contribution is -2.49. The highest BCUT2D eigenvalue weighted by atomic mass is 32.1. The second-order valence-corrected chi connectivity index (χ2v) is 5.83. The zero-order valence-corrected chi connectivity index (χ0v) is 11.0. The first-order chi connectivity index (χ1) is 7.66. The summed E-state index contributed by atoms with van der Waals surface area (Å²) in [7, 11) is 2.18. The Balaban J connectivity index is 2.04. The van der Waals surface area contributed by atoms with Crippen LogP contribution < -0.4 is 5.73 Å². The van der Waals surface area contributed by atoms with Crippen molar-refractivity contribution in [2.75, 3.05) is 13.6 Å². The average molecular weight is 239 g/mol. The van der Waals surface area contributed by atoms with E-state index in [4.69, 9.17) is 5.73 Å². The molecule has 1 fully saturated rings. The topological polar surface area (TPSA) is 42.1 Å². The van der Waals surface area contributed by atoms with Crippen LogP contribution in [-0.4, -0.2) is 29.0 Å². The van der Waals surface area contributed by atoms with E-state index in [0.717, 1.165) is 19.0 Å². The van der Waals surface area contributed by atoms with E-state index < -0.39 is 0 Å². The standard InChI is InChI=1S/C12H21N3S/c1-10-3-4-12(5-10,8-13)15(2)6-11-7-16-9-14-11/h7,9-10H,3-6,8,13H2,1-2H3. The molecule has 3 nitrogen and oxygen atoms in total. The third-order valence-corrected chi connectivity index (χ3v) is 4.54. The summed E-state index contributed by atoms with van der Waals surface area (Å²) in [4.78, 5) is 6.76. The van der Waals surface area contributed by atoms with Crippen LogP contribution >= 0.6 is 11.3 Å². The Morgan fingerprint density at radius 1 is 1.69 bits per heavy atom. The molecule has 1 heterocycles. The van der Waals surface area contributed by atoms with E-state index in [0.29, 0.717) is 0 Å². The Labute approximate surface area is 102 Å². The van der Waals surface area contributed by atoms with Crippen molar-refractivity contribution in [1.82, 2.24) is 9.88 Å². The lowest BCUT2D eigenvalue weighted by atomic mass is 9.94. The molecule has 1 aromatic heterocycles. The van der Waals surface area contributed by atoms with Gasteiger partial charge < -0.3 is 5.73 Å². The molecule has 2 rings (SSSR count). The van der Waals surface area contributed by atoms with Gasteiger partial charge in [0.25, 0.3) is 0 Å². The van der Waals surface area contributed by atoms with Crippen LogP contribution in [0.1, 0.15) is 31.9 Å². The minimum Gasteiger partial charge on any atom is -0.329 e. The summed E-state index contributed by atoms with van der Waals surface area (Å²) in [5.74, 6) is 0.807. The van der Waals surface area contributed by atoms with Crippen LogP contribution in [0.3, 0.4) is 0 Å². The molecule has 0 bridgehead atoms. The van der Waals surface area contributed by atoms with Crippen LogP contribution in [0, 0.1) is 5.92 Å². The molecule has 1 aliphatic carbocycles. The van der Waals surface area contributed by atoms with Crippen molar-refractivity contribution >= 4 is 11.3 Å². The second kappa shape index (κ2) is 4.82. The summed E-state index contributed by atoms with van der Waals surface area (Å²) in [6.07, 6.45) is 3.76. The van der Waals surface area contributed by atoms with Crippen molar-refractivity contribution in [2.45, 2.75) is 38.3 Å². The van der Waals surface area contributed by atoms with Gasteiger partial charge in [0.15, 0.2) is 0 Å². The van der Waals surface area contributed by atoms with Crippen molar-refractivity contribution < 1.29 is 0 Å². The Morgan fingerprint density at radius 3 is 3.00 bits per heavy atom. The predicted molar refractivity (Wildman–Crippen MR) is 68.4 cm³/mol. The number of nitrogens with two attached hydrogens (primary N) is 1.